The zero-order valence-electron chi connectivity index (χ0n) is 17.3. The highest BCUT2D eigenvalue weighted by Crippen LogP contribution is 2.24. The van der Waals surface area contributed by atoms with E-state index in [1.165, 1.54) is 21.7 Å². The second kappa shape index (κ2) is 8.67. The number of amides is 1. The summed E-state index contributed by atoms with van der Waals surface area (Å²) in [6, 6.07) is 10.2. The monoisotopic (exact) mass is 486 g/mol. The Hall–Kier alpha value is -3.12. The van der Waals surface area contributed by atoms with E-state index in [0.717, 1.165) is 28.4 Å². The number of benzene rings is 2. The molecule has 1 saturated heterocycles. The predicted octanol–water partition coefficient (Wildman–Crippen LogP) is 3.48. The number of ether oxygens (including phenoxy) is 1. The summed E-state index contributed by atoms with van der Waals surface area (Å²) in [6.45, 7) is 1.01. The van der Waals surface area contributed by atoms with Gasteiger partial charge in [-0.05, 0) is 30.3 Å². The maximum Gasteiger partial charge on any atom is 0.258 e. The molecule has 1 aliphatic heterocycles. The number of nitrogens with one attached hydrogen (secondary N) is 1. The summed E-state index contributed by atoms with van der Waals surface area (Å²) >= 11 is 1.53. The second-order valence-corrected chi connectivity index (χ2v) is 10.2. The molecule has 3 heterocycles. The molecular formula is C22H19FN4O4S2. The molecule has 0 bridgehead atoms. The van der Waals surface area contributed by atoms with E-state index < -0.39 is 21.7 Å². The number of morpholine rings is 1. The first-order valence-corrected chi connectivity index (χ1v) is 12.5. The fourth-order valence-corrected chi connectivity index (χ4v) is 5.70. The molecule has 5 rings (SSSR count). The minimum atomic E-state index is -3.85. The smallest absolute Gasteiger partial charge is 0.258 e. The van der Waals surface area contributed by atoms with E-state index >= 15 is 0 Å². The van der Waals surface area contributed by atoms with Crippen LogP contribution in [0.4, 0.5) is 10.1 Å². The van der Waals surface area contributed by atoms with Crippen LogP contribution in [0.15, 0.2) is 65.1 Å². The number of thiazole rings is 1. The van der Waals surface area contributed by atoms with Crippen LogP contribution in [0.2, 0.25) is 0 Å². The number of rotatable bonds is 5. The highest BCUT2D eigenvalue weighted by atomic mass is 32.2. The van der Waals surface area contributed by atoms with Crippen molar-refractivity contribution in [3.05, 3.63) is 71.6 Å². The van der Waals surface area contributed by atoms with Crippen LogP contribution >= 0.6 is 11.3 Å². The van der Waals surface area contributed by atoms with Crippen molar-refractivity contribution in [3.63, 3.8) is 0 Å². The molecule has 1 N–H and O–H groups in total. The number of anilines is 1. The third-order valence-electron chi connectivity index (χ3n) is 5.32. The van der Waals surface area contributed by atoms with Crippen LogP contribution in [0.5, 0.6) is 0 Å². The summed E-state index contributed by atoms with van der Waals surface area (Å²) in [7, 11) is -3.85. The number of hydrogen-bond acceptors (Lipinski definition) is 6. The average Bonchev–Trinajstić information content (AvgIpc) is 3.43. The van der Waals surface area contributed by atoms with Gasteiger partial charge in [-0.15, -0.1) is 11.3 Å². The average molecular weight is 487 g/mol. The molecule has 1 amide bonds. The molecule has 2 aromatic carbocycles. The van der Waals surface area contributed by atoms with Gasteiger partial charge in [-0.1, -0.05) is 12.1 Å². The summed E-state index contributed by atoms with van der Waals surface area (Å²) in [5.41, 5.74) is 1.77. The molecule has 2 aromatic heterocycles. The zero-order chi connectivity index (χ0) is 23.0. The fraction of sp³-hybridized carbons (Fsp3) is 0.182. The fourth-order valence-electron chi connectivity index (χ4n) is 3.56. The Kier molecular flexibility index (Phi) is 5.71. The van der Waals surface area contributed by atoms with E-state index in [9.17, 15) is 17.6 Å². The largest absolute Gasteiger partial charge is 0.379 e. The van der Waals surface area contributed by atoms with Gasteiger partial charge in [-0.25, -0.2) is 17.8 Å². The van der Waals surface area contributed by atoms with Crippen LogP contribution in [0, 0.1) is 5.82 Å². The summed E-state index contributed by atoms with van der Waals surface area (Å²) in [6.07, 6.45) is 3.84. The van der Waals surface area contributed by atoms with Crippen molar-refractivity contribution < 1.29 is 22.3 Å². The summed E-state index contributed by atoms with van der Waals surface area (Å²) in [4.78, 5) is 18.0. The van der Waals surface area contributed by atoms with Crippen molar-refractivity contribution >= 4 is 37.9 Å². The van der Waals surface area contributed by atoms with E-state index in [2.05, 4.69) is 10.3 Å². The van der Waals surface area contributed by atoms with Crippen LogP contribution in [-0.4, -0.2) is 54.3 Å². The summed E-state index contributed by atoms with van der Waals surface area (Å²) < 4.78 is 48.5. The quantitative estimate of drug-likeness (QED) is 0.466. The topological polar surface area (TPSA) is 93.0 Å². The summed E-state index contributed by atoms with van der Waals surface area (Å²) in [5, 5.41) is 4.58. The first kappa shape index (κ1) is 21.7. The van der Waals surface area contributed by atoms with Gasteiger partial charge < -0.3 is 10.1 Å². The maximum atomic E-state index is 14.4. The Morgan fingerprint density at radius 2 is 1.88 bits per heavy atom. The van der Waals surface area contributed by atoms with Crippen molar-refractivity contribution in [3.8, 4) is 11.3 Å². The standard InChI is InChI=1S/C22H19FN4O4S2/c23-19-6-5-17(33(29,30)27-7-10-31-11-8-27)13-18(19)21(28)24-16-3-1-15(2-4-16)20-14-26-9-12-32-22(26)25-20/h1-6,9,12-14H,7-8,10-11H2,(H,24,28). The SMILES string of the molecule is O=C(Nc1ccc(-c2cn3ccsc3n2)cc1)c1cc(S(=O)(=O)N2CCOCC2)ccc1F. The Balaban J connectivity index is 1.35. The molecule has 1 aliphatic rings. The molecule has 11 heteroatoms. The Morgan fingerprint density at radius 1 is 1.12 bits per heavy atom. The van der Waals surface area contributed by atoms with Gasteiger partial charge in [0, 0.05) is 42.1 Å². The van der Waals surface area contributed by atoms with Crippen LogP contribution in [0.3, 0.4) is 0 Å². The minimum Gasteiger partial charge on any atom is -0.379 e. The number of imidazole rings is 1. The van der Waals surface area contributed by atoms with Crippen molar-refractivity contribution in [1.82, 2.24) is 13.7 Å². The van der Waals surface area contributed by atoms with E-state index in [1.807, 2.05) is 22.2 Å². The number of halogens is 1. The maximum absolute atomic E-state index is 14.4. The third-order valence-corrected chi connectivity index (χ3v) is 7.99. The molecule has 0 aliphatic carbocycles. The lowest BCUT2D eigenvalue weighted by Crippen LogP contribution is -2.40. The van der Waals surface area contributed by atoms with Crippen LogP contribution < -0.4 is 5.32 Å². The minimum absolute atomic E-state index is 0.133. The Bertz CT molecular complexity index is 1400. The molecule has 0 unspecified atom stereocenters. The third kappa shape index (κ3) is 4.27. The van der Waals surface area contributed by atoms with Gasteiger partial charge in [0.1, 0.15) is 5.82 Å². The molecule has 8 nitrogen and oxygen atoms in total. The normalized spacial score (nSPS) is 15.1. The number of hydrogen-bond donors (Lipinski definition) is 1. The summed E-state index contributed by atoms with van der Waals surface area (Å²) in [5.74, 6) is -1.54. The number of aromatic nitrogens is 2. The lowest BCUT2D eigenvalue weighted by atomic mass is 10.1. The zero-order valence-corrected chi connectivity index (χ0v) is 18.9. The molecule has 0 saturated carbocycles. The van der Waals surface area contributed by atoms with E-state index in [1.54, 1.807) is 24.3 Å². The van der Waals surface area contributed by atoms with Gasteiger partial charge in [-0.2, -0.15) is 4.31 Å². The van der Waals surface area contributed by atoms with E-state index in [0.29, 0.717) is 18.9 Å². The molecular weight excluding hydrogens is 467 g/mol. The van der Waals surface area contributed by atoms with Gasteiger partial charge in [0.2, 0.25) is 10.0 Å². The van der Waals surface area contributed by atoms with Gasteiger partial charge in [0.15, 0.2) is 4.96 Å². The molecule has 0 atom stereocenters. The van der Waals surface area contributed by atoms with Crippen LogP contribution in [0.1, 0.15) is 10.4 Å². The Morgan fingerprint density at radius 3 is 2.61 bits per heavy atom. The molecule has 4 aromatic rings. The highest BCUT2D eigenvalue weighted by Gasteiger charge is 2.28. The lowest BCUT2D eigenvalue weighted by molar-refractivity contribution is 0.0730. The first-order valence-electron chi connectivity index (χ1n) is 10.1. The van der Waals surface area contributed by atoms with Crippen molar-refractivity contribution in [2.75, 3.05) is 31.6 Å². The van der Waals surface area contributed by atoms with Crippen molar-refractivity contribution in [2.45, 2.75) is 4.90 Å². The van der Waals surface area contributed by atoms with Gasteiger partial charge in [-0.3, -0.25) is 9.20 Å². The molecule has 0 spiro atoms. The van der Waals surface area contributed by atoms with Gasteiger partial charge >= 0.3 is 0 Å². The van der Waals surface area contributed by atoms with Gasteiger partial charge in [0.25, 0.3) is 5.91 Å². The van der Waals surface area contributed by atoms with E-state index in [4.69, 9.17) is 4.74 Å². The number of sulfonamides is 1. The first-order chi connectivity index (χ1) is 15.9. The van der Waals surface area contributed by atoms with Crippen molar-refractivity contribution in [2.24, 2.45) is 0 Å². The van der Waals surface area contributed by atoms with Gasteiger partial charge in [0.05, 0.1) is 29.4 Å². The molecule has 33 heavy (non-hydrogen) atoms. The number of fused-ring (bicyclic) bond motifs is 1. The highest BCUT2D eigenvalue weighted by molar-refractivity contribution is 7.89. The lowest BCUT2D eigenvalue weighted by Gasteiger charge is -2.26. The molecule has 1 fully saturated rings. The van der Waals surface area contributed by atoms with E-state index in [-0.39, 0.29) is 23.5 Å². The second-order valence-electron chi connectivity index (χ2n) is 7.41. The van der Waals surface area contributed by atoms with Crippen LogP contribution in [-0.2, 0) is 14.8 Å². The van der Waals surface area contributed by atoms with Crippen LogP contribution in [0.25, 0.3) is 16.2 Å². The number of carbonyl (C=O) groups excluding carboxylic acids is 1. The molecule has 0 radical (unpaired) electrons. The Labute approximate surface area is 193 Å². The van der Waals surface area contributed by atoms with Crippen molar-refractivity contribution in [1.29, 1.82) is 0 Å². The molecule has 170 valence electrons. The number of nitrogens with zero attached hydrogens (tertiary/aromatic N) is 3. The number of carbonyl (C=O) groups is 1. The predicted molar refractivity (Wildman–Crippen MR) is 122 cm³/mol.